The Labute approximate surface area is 150 Å². The molecule has 0 aromatic heterocycles. The zero-order chi connectivity index (χ0) is 18.3. The monoisotopic (exact) mass is 348 g/mol. The molecule has 1 aliphatic heterocycles. The van der Waals surface area contributed by atoms with Crippen molar-refractivity contribution in [3.63, 3.8) is 0 Å². The maximum absolute atomic E-state index is 12.3. The normalized spacial score (nSPS) is 15.9. The van der Waals surface area contributed by atoms with E-state index in [0.717, 1.165) is 18.4 Å². The van der Waals surface area contributed by atoms with Gasteiger partial charge in [0.2, 0.25) is 0 Å². The summed E-state index contributed by atoms with van der Waals surface area (Å²) in [6.45, 7) is 0.642. The minimum atomic E-state index is -1.12. The molecule has 4 rings (SSSR count). The molecule has 0 atom stereocenters. The molecule has 1 heterocycles. The number of amides is 1. The first kappa shape index (κ1) is 16.2. The van der Waals surface area contributed by atoms with Gasteiger partial charge in [-0.3, -0.25) is 4.79 Å². The van der Waals surface area contributed by atoms with Crippen LogP contribution in [0.5, 0.6) is 5.75 Å². The van der Waals surface area contributed by atoms with Crippen LogP contribution in [-0.4, -0.2) is 30.1 Å². The standard InChI is InChI=1S/C20H16N2O4/c21-10-14-7-12(3-4-15(14)11-1-2-11)16-8-13(20(24)25)9-17-18(16)26-6-5-22-19(17)23/h3-4,7-9,11H,1-2,5-6H2,(H,22,23)(H,24,25). The van der Waals surface area contributed by atoms with Gasteiger partial charge in [0.05, 0.1) is 29.3 Å². The number of nitriles is 1. The number of carbonyl (C=O) groups excluding carboxylic acids is 1. The summed E-state index contributed by atoms with van der Waals surface area (Å²) < 4.78 is 5.74. The lowest BCUT2D eigenvalue weighted by Crippen LogP contribution is -2.24. The van der Waals surface area contributed by atoms with E-state index in [-0.39, 0.29) is 17.0 Å². The number of carboxylic acids is 1. The van der Waals surface area contributed by atoms with Crippen LogP contribution in [0.2, 0.25) is 0 Å². The van der Waals surface area contributed by atoms with Gasteiger partial charge in [-0.25, -0.2) is 4.79 Å². The first-order valence-electron chi connectivity index (χ1n) is 8.45. The molecule has 2 aliphatic rings. The number of hydrogen-bond acceptors (Lipinski definition) is 4. The van der Waals surface area contributed by atoms with Crippen molar-refractivity contribution in [3.05, 3.63) is 52.6 Å². The summed E-state index contributed by atoms with van der Waals surface area (Å²) in [6, 6.07) is 10.6. The second-order valence-electron chi connectivity index (χ2n) is 6.50. The fraction of sp³-hybridized carbons (Fsp3) is 0.250. The summed E-state index contributed by atoms with van der Waals surface area (Å²) in [7, 11) is 0. The second kappa shape index (κ2) is 6.19. The van der Waals surface area contributed by atoms with E-state index >= 15 is 0 Å². The van der Waals surface area contributed by atoms with Gasteiger partial charge in [-0.15, -0.1) is 0 Å². The Balaban J connectivity index is 1.92. The molecule has 1 aliphatic carbocycles. The number of ether oxygens (including phenoxy) is 1. The smallest absolute Gasteiger partial charge is 0.335 e. The number of benzene rings is 2. The van der Waals surface area contributed by atoms with Crippen LogP contribution in [0, 0.1) is 11.3 Å². The van der Waals surface area contributed by atoms with E-state index in [9.17, 15) is 20.0 Å². The highest BCUT2D eigenvalue weighted by Crippen LogP contribution is 2.43. The van der Waals surface area contributed by atoms with Crippen molar-refractivity contribution >= 4 is 11.9 Å². The lowest BCUT2D eigenvalue weighted by Gasteiger charge is -2.14. The molecule has 26 heavy (non-hydrogen) atoms. The summed E-state index contributed by atoms with van der Waals surface area (Å²) in [6.07, 6.45) is 2.17. The largest absolute Gasteiger partial charge is 0.490 e. The minimum Gasteiger partial charge on any atom is -0.490 e. The SMILES string of the molecule is N#Cc1cc(-c2cc(C(=O)O)cc3c2OCCNC3=O)ccc1C1CC1. The Kier molecular flexibility index (Phi) is 3.85. The topological polar surface area (TPSA) is 99.4 Å². The Bertz CT molecular complexity index is 971. The molecule has 2 N–H and O–H groups in total. The molecule has 1 fully saturated rings. The summed E-state index contributed by atoms with van der Waals surface area (Å²) in [5.74, 6) is -0.700. The molecule has 2 aromatic rings. The number of nitrogens with one attached hydrogen (secondary N) is 1. The highest BCUT2D eigenvalue weighted by molar-refractivity contribution is 6.03. The zero-order valence-corrected chi connectivity index (χ0v) is 13.9. The molecule has 0 unspecified atom stereocenters. The fourth-order valence-electron chi connectivity index (χ4n) is 3.27. The molecule has 1 amide bonds. The number of rotatable bonds is 3. The van der Waals surface area contributed by atoms with Crippen molar-refractivity contribution in [2.24, 2.45) is 0 Å². The van der Waals surface area contributed by atoms with Gasteiger partial charge in [0.25, 0.3) is 5.91 Å². The fourth-order valence-corrected chi connectivity index (χ4v) is 3.27. The highest BCUT2D eigenvalue weighted by atomic mass is 16.5. The van der Waals surface area contributed by atoms with Gasteiger partial charge in [0.15, 0.2) is 0 Å². The van der Waals surface area contributed by atoms with Gasteiger partial charge in [0, 0.05) is 5.56 Å². The molecule has 0 radical (unpaired) electrons. The number of hydrogen-bond donors (Lipinski definition) is 2. The van der Waals surface area contributed by atoms with Crippen molar-refractivity contribution in [3.8, 4) is 22.9 Å². The maximum atomic E-state index is 12.3. The van der Waals surface area contributed by atoms with Gasteiger partial charge in [-0.1, -0.05) is 12.1 Å². The average molecular weight is 348 g/mol. The molecule has 0 saturated heterocycles. The van der Waals surface area contributed by atoms with Crippen molar-refractivity contribution < 1.29 is 19.4 Å². The third-order valence-corrected chi connectivity index (χ3v) is 4.72. The second-order valence-corrected chi connectivity index (χ2v) is 6.50. The van der Waals surface area contributed by atoms with Crippen LogP contribution in [-0.2, 0) is 0 Å². The predicted octanol–water partition coefficient (Wildman–Crippen LogP) is 2.92. The van der Waals surface area contributed by atoms with Crippen LogP contribution in [0.25, 0.3) is 11.1 Å². The minimum absolute atomic E-state index is 0.00387. The molecule has 1 saturated carbocycles. The van der Waals surface area contributed by atoms with E-state index in [0.29, 0.717) is 41.5 Å². The Morgan fingerprint density at radius 2 is 2.00 bits per heavy atom. The Morgan fingerprint density at radius 1 is 1.23 bits per heavy atom. The summed E-state index contributed by atoms with van der Waals surface area (Å²) in [4.78, 5) is 23.8. The summed E-state index contributed by atoms with van der Waals surface area (Å²) in [5.41, 5.74) is 2.98. The molecular weight excluding hydrogens is 332 g/mol. The summed E-state index contributed by atoms with van der Waals surface area (Å²) >= 11 is 0. The summed E-state index contributed by atoms with van der Waals surface area (Å²) in [5, 5.41) is 21.6. The third-order valence-electron chi connectivity index (χ3n) is 4.72. The maximum Gasteiger partial charge on any atom is 0.335 e. The van der Waals surface area contributed by atoms with E-state index in [1.807, 2.05) is 12.1 Å². The van der Waals surface area contributed by atoms with Crippen molar-refractivity contribution in [1.29, 1.82) is 5.26 Å². The van der Waals surface area contributed by atoms with Gasteiger partial charge in [-0.2, -0.15) is 5.26 Å². The van der Waals surface area contributed by atoms with E-state index in [1.54, 1.807) is 6.07 Å². The Morgan fingerprint density at radius 3 is 2.69 bits per heavy atom. The van der Waals surface area contributed by atoms with Crippen LogP contribution in [0.3, 0.4) is 0 Å². The molecular formula is C20H16N2O4. The number of aromatic carboxylic acids is 1. The van der Waals surface area contributed by atoms with Crippen LogP contribution < -0.4 is 10.1 Å². The first-order valence-corrected chi connectivity index (χ1v) is 8.45. The van der Waals surface area contributed by atoms with Gasteiger partial charge in [0.1, 0.15) is 12.4 Å². The number of fused-ring (bicyclic) bond motifs is 1. The number of carboxylic acid groups (broad SMARTS) is 1. The van der Waals surface area contributed by atoms with Crippen LogP contribution in [0.1, 0.15) is 50.6 Å². The predicted molar refractivity (Wildman–Crippen MR) is 93.4 cm³/mol. The van der Waals surface area contributed by atoms with Crippen LogP contribution in [0.15, 0.2) is 30.3 Å². The van der Waals surface area contributed by atoms with Crippen molar-refractivity contribution in [2.45, 2.75) is 18.8 Å². The van der Waals surface area contributed by atoms with E-state index in [2.05, 4.69) is 11.4 Å². The first-order chi connectivity index (χ1) is 12.6. The lowest BCUT2D eigenvalue weighted by molar-refractivity contribution is 0.0697. The van der Waals surface area contributed by atoms with Crippen LogP contribution >= 0.6 is 0 Å². The Hall–Kier alpha value is -3.33. The van der Waals surface area contributed by atoms with E-state index in [4.69, 9.17) is 4.74 Å². The van der Waals surface area contributed by atoms with E-state index < -0.39 is 5.97 Å². The lowest BCUT2D eigenvalue weighted by atomic mass is 9.94. The van der Waals surface area contributed by atoms with Crippen LogP contribution in [0.4, 0.5) is 0 Å². The molecule has 6 heteroatoms. The third kappa shape index (κ3) is 2.78. The molecule has 0 bridgehead atoms. The van der Waals surface area contributed by atoms with Gasteiger partial charge >= 0.3 is 5.97 Å². The highest BCUT2D eigenvalue weighted by Gasteiger charge is 2.27. The van der Waals surface area contributed by atoms with Gasteiger partial charge in [-0.05, 0) is 48.1 Å². The van der Waals surface area contributed by atoms with Crippen molar-refractivity contribution in [1.82, 2.24) is 5.32 Å². The number of nitrogens with zero attached hydrogens (tertiary/aromatic N) is 1. The zero-order valence-electron chi connectivity index (χ0n) is 13.9. The molecule has 2 aromatic carbocycles. The van der Waals surface area contributed by atoms with Gasteiger partial charge < -0.3 is 15.2 Å². The average Bonchev–Trinajstić information content (AvgIpc) is 3.49. The molecule has 130 valence electrons. The molecule has 6 nitrogen and oxygen atoms in total. The molecule has 0 spiro atoms. The van der Waals surface area contributed by atoms with E-state index in [1.165, 1.54) is 12.1 Å². The number of carbonyl (C=O) groups is 2. The van der Waals surface area contributed by atoms with Crippen molar-refractivity contribution in [2.75, 3.05) is 13.2 Å². The quantitative estimate of drug-likeness (QED) is 0.888.